The van der Waals surface area contributed by atoms with Gasteiger partial charge in [0.25, 0.3) is 0 Å². The van der Waals surface area contributed by atoms with Crippen LogP contribution in [-0.2, 0) is 0 Å². The third-order valence-electron chi connectivity index (χ3n) is 2.20. The molecule has 0 bridgehead atoms. The Hall–Kier alpha value is -2.25. The molecular weight excluding hydrogens is 240 g/mol. The Balaban J connectivity index is 3.15. The maximum absolute atomic E-state index is 11.3. The van der Waals surface area contributed by atoms with E-state index < -0.39 is 24.0 Å². The van der Waals surface area contributed by atoms with Gasteiger partial charge in [0, 0.05) is 17.9 Å². The van der Waals surface area contributed by atoms with E-state index in [0.717, 1.165) is 4.90 Å². The van der Waals surface area contributed by atoms with Gasteiger partial charge in [0.05, 0.1) is 0 Å². The number of rotatable bonds is 3. The molecule has 1 aromatic heterocycles. The normalized spacial score (nSPS) is 12.8. The summed E-state index contributed by atoms with van der Waals surface area (Å²) in [4.78, 5) is 23.1. The standard InChI is InChI=1S/C10H16N4O4/c1-10(2,3)14(9(17)18)7(12-8(15)16)13-6-4-5-11-13/h4-7,12H,1-3H3,(H,15,16)(H,17,18). The summed E-state index contributed by atoms with van der Waals surface area (Å²) in [6.07, 6.45) is -0.751. The minimum absolute atomic E-state index is 0.787. The maximum atomic E-state index is 11.3. The first-order valence-electron chi connectivity index (χ1n) is 5.24. The summed E-state index contributed by atoms with van der Waals surface area (Å²) in [5.41, 5.74) is -0.787. The molecule has 1 atom stereocenters. The van der Waals surface area contributed by atoms with Gasteiger partial charge in [-0.25, -0.2) is 14.3 Å². The Morgan fingerprint density at radius 3 is 2.33 bits per heavy atom. The molecule has 0 spiro atoms. The van der Waals surface area contributed by atoms with Crippen molar-refractivity contribution in [3.63, 3.8) is 0 Å². The van der Waals surface area contributed by atoms with Gasteiger partial charge in [0.2, 0.25) is 6.29 Å². The average Bonchev–Trinajstić information content (AvgIpc) is 2.64. The van der Waals surface area contributed by atoms with Crippen LogP contribution in [0.1, 0.15) is 27.1 Å². The van der Waals surface area contributed by atoms with Gasteiger partial charge in [-0.3, -0.25) is 10.2 Å². The first-order chi connectivity index (χ1) is 8.23. The topological polar surface area (TPSA) is 108 Å². The smallest absolute Gasteiger partial charge is 0.410 e. The van der Waals surface area contributed by atoms with Crippen LogP contribution in [0.3, 0.4) is 0 Å². The van der Waals surface area contributed by atoms with Crippen LogP contribution in [0.25, 0.3) is 0 Å². The highest BCUT2D eigenvalue weighted by Crippen LogP contribution is 2.21. The van der Waals surface area contributed by atoms with Crippen molar-refractivity contribution in [2.75, 3.05) is 0 Å². The minimum Gasteiger partial charge on any atom is -0.465 e. The summed E-state index contributed by atoms with van der Waals surface area (Å²) < 4.78 is 1.23. The molecular formula is C10H16N4O4. The number of nitrogens with zero attached hydrogens (tertiary/aromatic N) is 3. The third-order valence-corrected chi connectivity index (χ3v) is 2.20. The van der Waals surface area contributed by atoms with Crippen LogP contribution < -0.4 is 5.32 Å². The molecule has 2 amide bonds. The fourth-order valence-corrected chi connectivity index (χ4v) is 1.54. The van der Waals surface area contributed by atoms with Crippen molar-refractivity contribution in [1.29, 1.82) is 0 Å². The van der Waals surface area contributed by atoms with Crippen LogP contribution in [0.5, 0.6) is 0 Å². The van der Waals surface area contributed by atoms with Crippen LogP contribution >= 0.6 is 0 Å². The van der Waals surface area contributed by atoms with Crippen molar-refractivity contribution >= 4 is 12.2 Å². The van der Waals surface area contributed by atoms with Crippen LogP contribution in [0.2, 0.25) is 0 Å². The molecule has 0 fully saturated rings. The van der Waals surface area contributed by atoms with Crippen LogP contribution in [0.4, 0.5) is 9.59 Å². The number of carbonyl (C=O) groups is 2. The Labute approximate surface area is 104 Å². The van der Waals surface area contributed by atoms with E-state index in [4.69, 9.17) is 5.11 Å². The van der Waals surface area contributed by atoms with Gasteiger partial charge in [-0.05, 0) is 26.8 Å². The summed E-state index contributed by atoms with van der Waals surface area (Å²) in [5, 5.41) is 24.1. The van der Waals surface area contributed by atoms with Gasteiger partial charge in [0.15, 0.2) is 0 Å². The fourth-order valence-electron chi connectivity index (χ4n) is 1.54. The minimum atomic E-state index is -1.33. The van der Waals surface area contributed by atoms with Crippen molar-refractivity contribution in [2.45, 2.75) is 32.6 Å². The zero-order valence-corrected chi connectivity index (χ0v) is 10.4. The fraction of sp³-hybridized carbons (Fsp3) is 0.500. The van der Waals surface area contributed by atoms with E-state index in [1.165, 1.54) is 17.1 Å². The molecule has 0 aliphatic heterocycles. The number of aromatic nitrogens is 2. The predicted molar refractivity (Wildman–Crippen MR) is 62.0 cm³/mol. The van der Waals surface area contributed by atoms with E-state index in [1.54, 1.807) is 26.8 Å². The molecule has 18 heavy (non-hydrogen) atoms. The molecule has 8 nitrogen and oxygen atoms in total. The number of carboxylic acid groups (broad SMARTS) is 2. The van der Waals surface area contributed by atoms with Gasteiger partial charge in [-0.15, -0.1) is 0 Å². The molecule has 1 unspecified atom stereocenters. The molecule has 0 aliphatic carbocycles. The summed E-state index contributed by atoms with van der Waals surface area (Å²) in [6.45, 7) is 5.00. The summed E-state index contributed by atoms with van der Waals surface area (Å²) in [5.74, 6) is 0. The molecule has 1 aromatic rings. The lowest BCUT2D eigenvalue weighted by atomic mass is 10.1. The quantitative estimate of drug-likeness (QED) is 0.708. The number of amides is 2. The highest BCUT2D eigenvalue weighted by Gasteiger charge is 2.35. The average molecular weight is 256 g/mol. The van der Waals surface area contributed by atoms with E-state index in [0.29, 0.717) is 0 Å². The highest BCUT2D eigenvalue weighted by atomic mass is 16.4. The molecule has 1 heterocycles. The highest BCUT2D eigenvalue weighted by molar-refractivity contribution is 5.68. The van der Waals surface area contributed by atoms with Crippen LogP contribution in [-0.4, -0.2) is 42.6 Å². The summed E-state index contributed by atoms with van der Waals surface area (Å²) in [7, 11) is 0. The Bertz CT molecular complexity index is 424. The molecule has 100 valence electrons. The van der Waals surface area contributed by atoms with Crippen molar-refractivity contribution in [3.8, 4) is 0 Å². The van der Waals surface area contributed by atoms with Crippen molar-refractivity contribution < 1.29 is 19.8 Å². The lowest BCUT2D eigenvalue weighted by Gasteiger charge is -2.38. The molecule has 8 heteroatoms. The zero-order chi connectivity index (χ0) is 13.9. The molecule has 0 aliphatic rings. The van der Waals surface area contributed by atoms with Gasteiger partial charge >= 0.3 is 12.2 Å². The molecule has 0 saturated heterocycles. The second-order valence-electron chi connectivity index (χ2n) is 4.63. The molecule has 3 N–H and O–H groups in total. The molecule has 0 saturated carbocycles. The summed E-state index contributed by atoms with van der Waals surface area (Å²) >= 11 is 0. The SMILES string of the molecule is CC(C)(C)N(C(=O)O)C(NC(=O)O)n1cccn1. The lowest BCUT2D eigenvalue weighted by Crippen LogP contribution is -2.54. The number of nitrogens with one attached hydrogen (secondary N) is 1. The third kappa shape index (κ3) is 3.12. The van der Waals surface area contributed by atoms with Gasteiger partial charge in [-0.1, -0.05) is 0 Å². The monoisotopic (exact) mass is 256 g/mol. The van der Waals surface area contributed by atoms with E-state index in [1.807, 2.05) is 0 Å². The molecule has 0 radical (unpaired) electrons. The number of hydrogen-bond acceptors (Lipinski definition) is 3. The van der Waals surface area contributed by atoms with E-state index in [9.17, 15) is 14.7 Å². The summed E-state index contributed by atoms with van der Waals surface area (Å²) in [6, 6.07) is 1.58. The molecule has 1 rings (SSSR count). The first kappa shape index (κ1) is 13.8. The van der Waals surface area contributed by atoms with Crippen LogP contribution in [0, 0.1) is 0 Å². The van der Waals surface area contributed by atoms with E-state index in [-0.39, 0.29) is 0 Å². The second-order valence-corrected chi connectivity index (χ2v) is 4.63. The van der Waals surface area contributed by atoms with Crippen molar-refractivity contribution in [3.05, 3.63) is 18.5 Å². The first-order valence-corrected chi connectivity index (χ1v) is 5.24. The van der Waals surface area contributed by atoms with Gasteiger partial charge < -0.3 is 10.2 Å². The van der Waals surface area contributed by atoms with Crippen molar-refractivity contribution in [1.82, 2.24) is 20.0 Å². The van der Waals surface area contributed by atoms with Gasteiger partial charge in [-0.2, -0.15) is 5.10 Å². The largest absolute Gasteiger partial charge is 0.465 e. The van der Waals surface area contributed by atoms with Crippen LogP contribution in [0.15, 0.2) is 18.5 Å². The number of hydrogen-bond donors (Lipinski definition) is 3. The lowest BCUT2D eigenvalue weighted by molar-refractivity contribution is 0.0244. The second kappa shape index (κ2) is 4.94. The predicted octanol–water partition coefficient (Wildman–Crippen LogP) is 1.39. The Morgan fingerprint density at radius 2 is 2.00 bits per heavy atom. The maximum Gasteiger partial charge on any atom is 0.410 e. The molecule has 0 aromatic carbocycles. The van der Waals surface area contributed by atoms with E-state index >= 15 is 0 Å². The van der Waals surface area contributed by atoms with Crippen molar-refractivity contribution in [2.24, 2.45) is 0 Å². The van der Waals surface area contributed by atoms with E-state index in [2.05, 4.69) is 10.4 Å². The Kier molecular flexibility index (Phi) is 3.79. The zero-order valence-electron chi connectivity index (χ0n) is 10.4. The van der Waals surface area contributed by atoms with Gasteiger partial charge in [0.1, 0.15) is 0 Å². The Morgan fingerprint density at radius 1 is 1.39 bits per heavy atom.